The Morgan fingerprint density at radius 2 is 1.86 bits per heavy atom. The summed E-state index contributed by atoms with van der Waals surface area (Å²) in [4.78, 5) is 11.9. The van der Waals surface area contributed by atoms with Crippen molar-refractivity contribution in [2.45, 2.75) is 31.6 Å². The van der Waals surface area contributed by atoms with Crippen molar-refractivity contribution >= 4 is 11.7 Å². The zero-order valence-corrected chi connectivity index (χ0v) is 15.2. The van der Waals surface area contributed by atoms with Crippen LogP contribution in [0.4, 0.5) is 19.0 Å². The van der Waals surface area contributed by atoms with Gasteiger partial charge in [-0.05, 0) is 24.3 Å². The fourth-order valence-electron chi connectivity index (χ4n) is 2.73. The van der Waals surface area contributed by atoms with Crippen LogP contribution < -0.4 is 27.8 Å². The molecule has 28 heavy (non-hydrogen) atoms. The standard InChI is InChI=1S/C17H21F3N8/c1-9(2)16(22)26-14(11-4-3-5-13(21)25-11)27-17(23,28-16)10-6-7-24-12(8-10)15(18,19)20/h3-9,28H,22-23H2,1-2H3,(H2,21,25)(H,26,27). The summed E-state index contributed by atoms with van der Waals surface area (Å²) in [5.41, 5.74) is 17.9. The zero-order valence-electron chi connectivity index (χ0n) is 15.2. The van der Waals surface area contributed by atoms with Gasteiger partial charge in [0, 0.05) is 17.7 Å². The lowest BCUT2D eigenvalue weighted by atomic mass is 9.99. The highest BCUT2D eigenvalue weighted by Gasteiger charge is 2.45. The highest BCUT2D eigenvalue weighted by atomic mass is 19.4. The van der Waals surface area contributed by atoms with Gasteiger partial charge in [-0.25, -0.2) is 15.3 Å². The number of alkyl halides is 3. The Hall–Kier alpha value is -2.76. The Balaban J connectivity index is 2.15. The summed E-state index contributed by atoms with van der Waals surface area (Å²) < 4.78 is 39.3. The molecule has 0 amide bonds. The van der Waals surface area contributed by atoms with Crippen LogP contribution in [0.15, 0.2) is 41.5 Å². The minimum atomic E-state index is -4.63. The molecule has 0 fully saturated rings. The number of amidine groups is 1. The van der Waals surface area contributed by atoms with Crippen LogP contribution in [0.5, 0.6) is 0 Å². The van der Waals surface area contributed by atoms with Crippen molar-refractivity contribution in [3.63, 3.8) is 0 Å². The Kier molecular flexibility index (Phi) is 4.77. The highest BCUT2D eigenvalue weighted by molar-refractivity contribution is 5.98. The summed E-state index contributed by atoms with van der Waals surface area (Å²) in [5.74, 6) is -2.80. The molecular weight excluding hydrogens is 373 g/mol. The maximum absolute atomic E-state index is 13.1. The fraction of sp³-hybridized carbons (Fsp3) is 0.353. The summed E-state index contributed by atoms with van der Waals surface area (Å²) in [6, 6.07) is 7.10. The summed E-state index contributed by atoms with van der Waals surface area (Å²) in [5, 5.41) is 5.94. The van der Waals surface area contributed by atoms with Crippen LogP contribution in [0.3, 0.4) is 0 Å². The quantitative estimate of drug-likeness (QED) is 0.524. The van der Waals surface area contributed by atoms with E-state index in [9.17, 15) is 13.2 Å². The number of rotatable bonds is 3. The topological polar surface area (TPSA) is 140 Å². The summed E-state index contributed by atoms with van der Waals surface area (Å²) in [7, 11) is 0. The highest BCUT2D eigenvalue weighted by Crippen LogP contribution is 2.31. The van der Waals surface area contributed by atoms with Crippen molar-refractivity contribution < 1.29 is 13.2 Å². The van der Waals surface area contributed by atoms with Gasteiger partial charge in [0.2, 0.25) is 0 Å². The van der Waals surface area contributed by atoms with E-state index >= 15 is 0 Å². The van der Waals surface area contributed by atoms with Gasteiger partial charge in [0.15, 0.2) is 11.6 Å². The second kappa shape index (κ2) is 6.69. The lowest BCUT2D eigenvalue weighted by Gasteiger charge is -2.46. The number of aromatic nitrogens is 2. The lowest BCUT2D eigenvalue weighted by molar-refractivity contribution is -0.141. The normalized spacial score (nSPS) is 25.4. The minimum Gasteiger partial charge on any atom is -0.384 e. The molecule has 0 bridgehead atoms. The van der Waals surface area contributed by atoms with Gasteiger partial charge in [-0.2, -0.15) is 13.2 Å². The Morgan fingerprint density at radius 3 is 2.46 bits per heavy atom. The van der Waals surface area contributed by atoms with E-state index < -0.39 is 23.4 Å². The number of hydrogen-bond donors (Lipinski definition) is 5. The van der Waals surface area contributed by atoms with Crippen LogP contribution in [0.1, 0.15) is 30.8 Å². The molecule has 2 atom stereocenters. The third-order valence-electron chi connectivity index (χ3n) is 4.43. The molecule has 0 spiro atoms. The van der Waals surface area contributed by atoms with Crippen molar-refractivity contribution in [1.29, 1.82) is 0 Å². The molecule has 3 rings (SSSR count). The van der Waals surface area contributed by atoms with Crippen LogP contribution in [0.2, 0.25) is 0 Å². The first-order valence-electron chi connectivity index (χ1n) is 8.45. The maximum atomic E-state index is 13.1. The van der Waals surface area contributed by atoms with Gasteiger partial charge < -0.3 is 11.1 Å². The van der Waals surface area contributed by atoms with Gasteiger partial charge in [0.25, 0.3) is 0 Å². The molecule has 0 aromatic carbocycles. The number of nitrogens with one attached hydrogen (secondary N) is 2. The molecule has 2 aromatic heterocycles. The largest absolute Gasteiger partial charge is 0.433 e. The van der Waals surface area contributed by atoms with E-state index in [1.54, 1.807) is 18.2 Å². The second-order valence-corrected chi connectivity index (χ2v) is 6.88. The number of hydrogen-bond acceptors (Lipinski definition) is 8. The summed E-state index contributed by atoms with van der Waals surface area (Å²) in [6.07, 6.45) is -3.60. The average Bonchev–Trinajstić information content (AvgIpc) is 2.60. The first-order valence-corrected chi connectivity index (χ1v) is 8.45. The molecule has 150 valence electrons. The number of pyridine rings is 2. The van der Waals surface area contributed by atoms with Crippen LogP contribution in [-0.4, -0.2) is 21.6 Å². The molecule has 0 saturated carbocycles. The van der Waals surface area contributed by atoms with Crippen molar-refractivity contribution in [2.24, 2.45) is 22.4 Å². The van der Waals surface area contributed by atoms with Crippen molar-refractivity contribution in [2.75, 3.05) is 5.73 Å². The molecule has 0 radical (unpaired) electrons. The van der Waals surface area contributed by atoms with Crippen molar-refractivity contribution in [1.82, 2.24) is 20.6 Å². The number of anilines is 1. The van der Waals surface area contributed by atoms with Gasteiger partial charge in [0.1, 0.15) is 23.0 Å². The third-order valence-corrected chi connectivity index (χ3v) is 4.43. The molecule has 0 saturated heterocycles. The van der Waals surface area contributed by atoms with Gasteiger partial charge in [-0.1, -0.05) is 19.9 Å². The molecule has 2 aromatic rings. The predicted molar refractivity (Wildman–Crippen MR) is 98.3 cm³/mol. The van der Waals surface area contributed by atoms with E-state index in [0.29, 0.717) is 5.69 Å². The van der Waals surface area contributed by atoms with E-state index in [4.69, 9.17) is 17.2 Å². The van der Waals surface area contributed by atoms with Crippen LogP contribution >= 0.6 is 0 Å². The molecule has 3 heterocycles. The first kappa shape index (κ1) is 20.0. The van der Waals surface area contributed by atoms with E-state index in [-0.39, 0.29) is 23.1 Å². The number of aliphatic imine (C=N–C) groups is 1. The zero-order chi connectivity index (χ0) is 20.7. The fourth-order valence-corrected chi connectivity index (χ4v) is 2.73. The predicted octanol–water partition coefficient (Wildman–Crippen LogP) is 1.05. The van der Waals surface area contributed by atoms with E-state index in [1.165, 1.54) is 6.07 Å². The van der Waals surface area contributed by atoms with E-state index in [0.717, 1.165) is 12.3 Å². The molecule has 1 aliphatic rings. The smallest absolute Gasteiger partial charge is 0.384 e. The minimum absolute atomic E-state index is 0.0493. The molecule has 11 heteroatoms. The second-order valence-electron chi connectivity index (χ2n) is 6.88. The third kappa shape index (κ3) is 3.77. The van der Waals surface area contributed by atoms with Crippen molar-refractivity contribution in [3.8, 4) is 0 Å². The van der Waals surface area contributed by atoms with E-state index in [1.807, 2.05) is 13.8 Å². The molecule has 0 aliphatic carbocycles. The van der Waals surface area contributed by atoms with Gasteiger partial charge >= 0.3 is 6.18 Å². The van der Waals surface area contributed by atoms with Crippen molar-refractivity contribution in [3.05, 3.63) is 53.5 Å². The Labute approximate surface area is 159 Å². The first-order chi connectivity index (χ1) is 12.9. The van der Waals surface area contributed by atoms with Gasteiger partial charge in [-0.3, -0.25) is 16.5 Å². The van der Waals surface area contributed by atoms with Gasteiger partial charge in [-0.15, -0.1) is 0 Å². The van der Waals surface area contributed by atoms with E-state index in [2.05, 4.69) is 25.6 Å². The monoisotopic (exact) mass is 394 g/mol. The Morgan fingerprint density at radius 1 is 1.14 bits per heavy atom. The van der Waals surface area contributed by atoms with Crippen LogP contribution in [-0.2, 0) is 12.0 Å². The maximum Gasteiger partial charge on any atom is 0.433 e. The SMILES string of the molecule is CC(C)C1(N)NC(c2cccc(N)n2)=NC(N)(c2ccnc(C(F)(F)F)c2)N1. The molecular formula is C17H21F3N8. The van der Waals surface area contributed by atoms with Crippen LogP contribution in [0, 0.1) is 5.92 Å². The van der Waals surface area contributed by atoms with Gasteiger partial charge in [0.05, 0.1) is 0 Å². The number of nitrogen functional groups attached to an aromatic ring is 1. The summed E-state index contributed by atoms with van der Waals surface area (Å²) in [6.45, 7) is 3.65. The Bertz CT molecular complexity index is 913. The molecule has 8 nitrogen and oxygen atoms in total. The number of nitrogens with two attached hydrogens (primary N) is 3. The average molecular weight is 394 g/mol. The molecule has 8 N–H and O–H groups in total. The molecule has 2 unspecified atom stereocenters. The summed E-state index contributed by atoms with van der Waals surface area (Å²) >= 11 is 0. The number of halogens is 3. The molecule has 1 aliphatic heterocycles. The lowest BCUT2D eigenvalue weighted by Crippen LogP contribution is -2.77. The number of nitrogens with zero attached hydrogens (tertiary/aromatic N) is 3. The van der Waals surface area contributed by atoms with Crippen LogP contribution in [0.25, 0.3) is 0 Å².